The Bertz CT molecular complexity index is 387. The maximum absolute atomic E-state index is 12.1. The summed E-state index contributed by atoms with van der Waals surface area (Å²) in [5.74, 6) is -1.28. The number of aromatic carboxylic acids is 1. The maximum Gasteiger partial charge on any atom is 0.393 e. The smallest absolute Gasteiger partial charge is 0.393 e. The average molecular weight is 219 g/mol. The van der Waals surface area contributed by atoms with Crippen LogP contribution in [0.1, 0.15) is 15.9 Å². The number of rotatable bonds is 2. The van der Waals surface area contributed by atoms with Gasteiger partial charge in [0, 0.05) is 5.69 Å². The van der Waals surface area contributed by atoms with Crippen LogP contribution >= 0.6 is 0 Å². The highest BCUT2D eigenvalue weighted by Gasteiger charge is 2.28. The second kappa shape index (κ2) is 3.80. The van der Waals surface area contributed by atoms with Crippen LogP contribution in [-0.4, -0.2) is 17.3 Å². The van der Waals surface area contributed by atoms with Crippen LogP contribution in [0.5, 0.6) is 0 Å². The van der Waals surface area contributed by atoms with Gasteiger partial charge in [0.15, 0.2) is 0 Å². The quantitative estimate of drug-likeness (QED) is 0.748. The lowest BCUT2D eigenvalue weighted by Gasteiger charge is -2.09. The van der Waals surface area contributed by atoms with E-state index in [1.54, 1.807) is 0 Å². The van der Waals surface area contributed by atoms with Gasteiger partial charge in [-0.3, -0.25) is 0 Å². The van der Waals surface area contributed by atoms with Crippen LogP contribution in [0.2, 0.25) is 0 Å². The Balaban J connectivity index is 3.06. The number of anilines is 1. The molecule has 3 N–H and O–H groups in total. The van der Waals surface area contributed by atoms with Crippen LogP contribution in [0.15, 0.2) is 18.2 Å². The number of halogens is 3. The van der Waals surface area contributed by atoms with E-state index in [1.165, 1.54) is 0 Å². The topological polar surface area (TPSA) is 63.3 Å². The highest BCUT2D eigenvalue weighted by atomic mass is 19.4. The van der Waals surface area contributed by atoms with Gasteiger partial charge in [-0.2, -0.15) is 13.2 Å². The molecule has 0 aliphatic heterocycles. The number of hydrogen-bond acceptors (Lipinski definition) is 2. The molecule has 0 unspecified atom stereocenters. The fraction of sp³-hybridized carbons (Fsp3) is 0.222. The average Bonchev–Trinajstić information content (AvgIpc) is 2.06. The van der Waals surface area contributed by atoms with Crippen LogP contribution in [0.3, 0.4) is 0 Å². The van der Waals surface area contributed by atoms with Gasteiger partial charge in [-0.25, -0.2) is 4.79 Å². The van der Waals surface area contributed by atoms with Gasteiger partial charge in [-0.05, 0) is 23.8 Å². The van der Waals surface area contributed by atoms with Crippen LogP contribution in [0.25, 0.3) is 0 Å². The molecule has 0 aliphatic carbocycles. The highest BCUT2D eigenvalue weighted by Crippen LogP contribution is 2.25. The summed E-state index contributed by atoms with van der Waals surface area (Å²) >= 11 is 0. The number of hydrogen-bond donors (Lipinski definition) is 2. The van der Waals surface area contributed by atoms with E-state index < -0.39 is 18.6 Å². The van der Waals surface area contributed by atoms with Crippen molar-refractivity contribution in [3.63, 3.8) is 0 Å². The SMILES string of the molecule is Nc1ccc(C(=O)O)cc1CC(F)(F)F. The van der Waals surface area contributed by atoms with E-state index in [0.29, 0.717) is 0 Å². The molecule has 0 spiro atoms. The lowest BCUT2D eigenvalue weighted by Crippen LogP contribution is -2.13. The Morgan fingerprint density at radius 1 is 1.40 bits per heavy atom. The third-order valence-corrected chi connectivity index (χ3v) is 1.78. The molecule has 6 heteroatoms. The van der Waals surface area contributed by atoms with Gasteiger partial charge in [-0.1, -0.05) is 0 Å². The fourth-order valence-electron chi connectivity index (χ4n) is 1.11. The monoisotopic (exact) mass is 219 g/mol. The third kappa shape index (κ3) is 3.16. The van der Waals surface area contributed by atoms with Crippen LogP contribution < -0.4 is 5.73 Å². The summed E-state index contributed by atoms with van der Waals surface area (Å²) in [5, 5.41) is 8.58. The Kier molecular flexibility index (Phi) is 2.88. The summed E-state index contributed by atoms with van der Waals surface area (Å²) in [6.07, 6.45) is -5.62. The first-order chi connectivity index (χ1) is 6.79. The summed E-state index contributed by atoms with van der Waals surface area (Å²) in [7, 11) is 0. The molecule has 0 amide bonds. The first-order valence-corrected chi connectivity index (χ1v) is 3.98. The Morgan fingerprint density at radius 3 is 2.47 bits per heavy atom. The van der Waals surface area contributed by atoms with Crippen molar-refractivity contribution in [2.75, 3.05) is 5.73 Å². The molecular formula is C9H8F3NO2. The van der Waals surface area contributed by atoms with Gasteiger partial charge in [-0.15, -0.1) is 0 Å². The summed E-state index contributed by atoms with van der Waals surface area (Å²) in [5.41, 5.74) is 4.82. The van der Waals surface area contributed by atoms with Gasteiger partial charge in [0.05, 0.1) is 12.0 Å². The van der Waals surface area contributed by atoms with Crippen molar-refractivity contribution < 1.29 is 23.1 Å². The lowest BCUT2D eigenvalue weighted by atomic mass is 10.1. The van der Waals surface area contributed by atoms with Crippen LogP contribution in [0, 0.1) is 0 Å². The maximum atomic E-state index is 12.1. The largest absolute Gasteiger partial charge is 0.478 e. The summed E-state index contributed by atoms with van der Waals surface area (Å²) < 4.78 is 36.2. The molecule has 0 saturated carbocycles. The molecule has 1 rings (SSSR count). The zero-order valence-corrected chi connectivity index (χ0v) is 7.51. The molecule has 82 valence electrons. The molecule has 0 saturated heterocycles. The molecule has 0 heterocycles. The molecule has 0 fully saturated rings. The van der Waals surface area contributed by atoms with Gasteiger partial charge in [0.25, 0.3) is 0 Å². The normalized spacial score (nSPS) is 11.4. The van der Waals surface area contributed by atoms with Crippen molar-refractivity contribution in [2.45, 2.75) is 12.6 Å². The zero-order valence-electron chi connectivity index (χ0n) is 7.51. The molecule has 0 aromatic heterocycles. The number of alkyl halides is 3. The van der Waals surface area contributed by atoms with Crippen molar-refractivity contribution in [1.82, 2.24) is 0 Å². The number of carboxylic acid groups (broad SMARTS) is 1. The lowest BCUT2D eigenvalue weighted by molar-refractivity contribution is -0.127. The van der Waals surface area contributed by atoms with Gasteiger partial charge < -0.3 is 10.8 Å². The summed E-state index contributed by atoms with van der Waals surface area (Å²) in [6, 6.07) is 3.26. The molecule has 15 heavy (non-hydrogen) atoms. The van der Waals surface area contributed by atoms with E-state index in [2.05, 4.69) is 0 Å². The predicted molar refractivity (Wildman–Crippen MR) is 47.6 cm³/mol. The Labute approximate surface area is 83.3 Å². The standard InChI is InChI=1S/C9H8F3NO2/c10-9(11,12)4-6-3-5(8(14)15)1-2-7(6)13/h1-3H,4,13H2,(H,14,15). The van der Waals surface area contributed by atoms with Crippen LogP contribution in [0.4, 0.5) is 18.9 Å². The molecule has 0 aliphatic rings. The molecule has 1 aromatic carbocycles. The van der Waals surface area contributed by atoms with Gasteiger partial charge >= 0.3 is 12.1 Å². The molecule has 1 aromatic rings. The van der Waals surface area contributed by atoms with E-state index in [1.807, 2.05) is 0 Å². The summed E-state index contributed by atoms with van der Waals surface area (Å²) in [4.78, 5) is 10.5. The van der Waals surface area contributed by atoms with Crippen LogP contribution in [-0.2, 0) is 6.42 Å². The predicted octanol–water partition coefficient (Wildman–Crippen LogP) is 2.07. The van der Waals surface area contributed by atoms with Crippen molar-refractivity contribution in [2.24, 2.45) is 0 Å². The van der Waals surface area contributed by atoms with Gasteiger partial charge in [0.2, 0.25) is 0 Å². The third-order valence-electron chi connectivity index (χ3n) is 1.78. The van der Waals surface area contributed by atoms with E-state index >= 15 is 0 Å². The molecular weight excluding hydrogens is 211 g/mol. The van der Waals surface area contributed by atoms with E-state index in [4.69, 9.17) is 10.8 Å². The first kappa shape index (κ1) is 11.4. The van der Waals surface area contributed by atoms with E-state index in [0.717, 1.165) is 18.2 Å². The summed E-state index contributed by atoms with van der Waals surface area (Å²) in [6.45, 7) is 0. The number of benzene rings is 1. The highest BCUT2D eigenvalue weighted by molar-refractivity contribution is 5.88. The minimum absolute atomic E-state index is 0.0580. The number of nitrogens with two attached hydrogens (primary N) is 1. The molecule has 0 atom stereocenters. The van der Waals surface area contributed by atoms with E-state index in [9.17, 15) is 18.0 Å². The first-order valence-electron chi connectivity index (χ1n) is 3.98. The molecule has 3 nitrogen and oxygen atoms in total. The molecule has 0 bridgehead atoms. The second-order valence-electron chi connectivity index (χ2n) is 3.01. The van der Waals surface area contributed by atoms with Crippen molar-refractivity contribution in [3.8, 4) is 0 Å². The van der Waals surface area contributed by atoms with Crippen molar-refractivity contribution >= 4 is 11.7 Å². The number of carbonyl (C=O) groups is 1. The fourth-order valence-corrected chi connectivity index (χ4v) is 1.11. The number of nitrogen functional groups attached to an aromatic ring is 1. The van der Waals surface area contributed by atoms with E-state index in [-0.39, 0.29) is 16.8 Å². The minimum Gasteiger partial charge on any atom is -0.478 e. The molecule has 0 radical (unpaired) electrons. The number of carboxylic acids is 1. The Morgan fingerprint density at radius 2 is 2.00 bits per heavy atom. The zero-order chi connectivity index (χ0) is 11.6. The van der Waals surface area contributed by atoms with Crippen molar-refractivity contribution in [1.29, 1.82) is 0 Å². The minimum atomic E-state index is -4.40. The van der Waals surface area contributed by atoms with Crippen molar-refractivity contribution in [3.05, 3.63) is 29.3 Å². The second-order valence-corrected chi connectivity index (χ2v) is 3.01. The van der Waals surface area contributed by atoms with Gasteiger partial charge in [0.1, 0.15) is 0 Å². The Hall–Kier alpha value is -1.72.